The Hall–Kier alpha value is -4.04. The quantitative estimate of drug-likeness (QED) is 0.267. The number of aromatic nitrogens is 3. The summed E-state index contributed by atoms with van der Waals surface area (Å²) in [4.78, 5) is 25.3. The average molecular weight is 521 g/mol. The van der Waals surface area contributed by atoms with Crippen molar-refractivity contribution < 1.29 is 18.7 Å². The maximum Gasteiger partial charge on any atom is 0.225 e. The zero-order valence-corrected chi connectivity index (χ0v) is 20.3. The Morgan fingerprint density at radius 2 is 1.97 bits per heavy atom. The molecule has 2 heterocycles. The molecule has 2 unspecified atom stereocenters. The van der Waals surface area contributed by atoms with Crippen LogP contribution in [0.25, 0.3) is 22.2 Å². The molecule has 0 saturated heterocycles. The number of carbonyl (C=O) groups is 1. The van der Waals surface area contributed by atoms with Gasteiger partial charge in [0.05, 0.1) is 23.9 Å². The van der Waals surface area contributed by atoms with Crippen LogP contribution >= 0.6 is 11.6 Å². The zero-order chi connectivity index (χ0) is 25.9. The van der Waals surface area contributed by atoms with Crippen LogP contribution in [0, 0.1) is 0 Å². The smallest absolute Gasteiger partial charge is 0.225 e. The highest BCUT2D eigenvalue weighted by atomic mass is 35.5. The van der Waals surface area contributed by atoms with Crippen molar-refractivity contribution in [1.82, 2.24) is 20.3 Å². The number of aromatic amines is 1. The van der Waals surface area contributed by atoms with Gasteiger partial charge in [-0.15, -0.1) is 0 Å². The molecule has 1 amide bonds. The van der Waals surface area contributed by atoms with Crippen LogP contribution in [-0.4, -0.2) is 32.1 Å². The highest BCUT2D eigenvalue weighted by Crippen LogP contribution is 2.33. The number of nitrogens with one attached hydrogen (secondary N) is 2. The van der Waals surface area contributed by atoms with Gasteiger partial charge in [0.2, 0.25) is 5.91 Å². The molecule has 2 atom stereocenters. The van der Waals surface area contributed by atoms with Crippen molar-refractivity contribution in [3.05, 3.63) is 101 Å². The van der Waals surface area contributed by atoms with E-state index in [4.69, 9.17) is 11.6 Å². The van der Waals surface area contributed by atoms with Crippen LogP contribution < -0.4 is 5.32 Å². The third kappa shape index (κ3) is 5.70. The van der Waals surface area contributed by atoms with E-state index in [1.54, 1.807) is 54.9 Å². The Morgan fingerprint density at radius 1 is 1.19 bits per heavy atom. The summed E-state index contributed by atoms with van der Waals surface area (Å²) in [6.45, 7) is 0. The Balaban J connectivity index is 1.47. The van der Waals surface area contributed by atoms with Crippen molar-refractivity contribution in [3.8, 4) is 17.0 Å². The molecule has 1 aliphatic carbocycles. The van der Waals surface area contributed by atoms with Crippen LogP contribution in [0.2, 0.25) is 5.02 Å². The fourth-order valence-corrected chi connectivity index (χ4v) is 4.70. The van der Waals surface area contributed by atoms with E-state index in [0.717, 1.165) is 22.5 Å². The molecule has 2 aromatic carbocycles. The predicted octanol–water partition coefficient (Wildman–Crippen LogP) is 6.30. The van der Waals surface area contributed by atoms with Crippen LogP contribution in [0.1, 0.15) is 30.1 Å². The molecule has 5 rings (SSSR count). The standard InChI is InChI=1S/C28H23ClF2N4O2/c29-19-3-1-17(2-4-19)27-28(33-8-7-32-27)25(11-16-9-20(30)13-21(31)10-16)35-26(37)12-18-15-34-24-6-5-22(36)14-23(18)24/h1-9,13-15,21,25,34,36H,10-12H2,(H,35,37). The third-order valence-corrected chi connectivity index (χ3v) is 6.47. The van der Waals surface area contributed by atoms with Crippen molar-refractivity contribution in [2.75, 3.05) is 0 Å². The summed E-state index contributed by atoms with van der Waals surface area (Å²) in [5, 5.41) is 14.2. The van der Waals surface area contributed by atoms with E-state index in [2.05, 4.69) is 20.3 Å². The molecule has 188 valence electrons. The second kappa shape index (κ2) is 10.5. The van der Waals surface area contributed by atoms with Gasteiger partial charge in [0.25, 0.3) is 0 Å². The van der Waals surface area contributed by atoms with Crippen LogP contribution in [0.3, 0.4) is 0 Å². The molecule has 9 heteroatoms. The Bertz CT molecular complexity index is 1510. The van der Waals surface area contributed by atoms with Crippen molar-refractivity contribution in [2.24, 2.45) is 0 Å². The summed E-state index contributed by atoms with van der Waals surface area (Å²) < 4.78 is 28.1. The molecule has 0 bridgehead atoms. The number of amides is 1. The third-order valence-electron chi connectivity index (χ3n) is 6.22. The number of H-pyrrole nitrogens is 1. The number of aromatic hydroxyl groups is 1. The van der Waals surface area contributed by atoms with E-state index in [1.807, 2.05) is 0 Å². The van der Waals surface area contributed by atoms with Crippen LogP contribution in [-0.2, 0) is 11.2 Å². The van der Waals surface area contributed by atoms with Crippen LogP contribution in [0.5, 0.6) is 5.75 Å². The van der Waals surface area contributed by atoms with Gasteiger partial charge < -0.3 is 15.4 Å². The number of allylic oxidation sites excluding steroid dienone is 3. The van der Waals surface area contributed by atoms with Gasteiger partial charge in [0, 0.05) is 46.5 Å². The molecule has 37 heavy (non-hydrogen) atoms. The molecule has 0 fully saturated rings. The summed E-state index contributed by atoms with van der Waals surface area (Å²) in [6, 6.07) is 11.2. The van der Waals surface area contributed by atoms with E-state index in [0.29, 0.717) is 27.5 Å². The first-order chi connectivity index (χ1) is 17.9. The maximum atomic E-state index is 14.1. The molecule has 1 aliphatic rings. The number of benzene rings is 2. The summed E-state index contributed by atoms with van der Waals surface area (Å²) >= 11 is 6.05. The van der Waals surface area contributed by atoms with E-state index in [-0.39, 0.29) is 30.9 Å². The van der Waals surface area contributed by atoms with Gasteiger partial charge in [-0.05, 0) is 54.5 Å². The topological polar surface area (TPSA) is 90.9 Å². The van der Waals surface area contributed by atoms with Crippen molar-refractivity contribution in [2.45, 2.75) is 31.5 Å². The number of halogens is 3. The number of nitrogens with zero attached hydrogens (tertiary/aromatic N) is 2. The predicted molar refractivity (Wildman–Crippen MR) is 138 cm³/mol. The first-order valence-corrected chi connectivity index (χ1v) is 12.1. The molecule has 0 spiro atoms. The normalized spacial score (nSPS) is 16.2. The minimum absolute atomic E-state index is 0.0234. The molecule has 4 aromatic rings. The zero-order valence-electron chi connectivity index (χ0n) is 19.6. The fraction of sp³-hybridized carbons (Fsp3) is 0.179. The SMILES string of the molecule is O=C(Cc1c[nH]c2ccc(O)cc12)NC(CC1=CC(F)=CC(F)C1)c1nccnc1-c1ccc(Cl)cc1. The minimum atomic E-state index is -1.44. The lowest BCUT2D eigenvalue weighted by atomic mass is 9.93. The second-order valence-corrected chi connectivity index (χ2v) is 9.35. The average Bonchev–Trinajstić information content (AvgIpc) is 3.25. The van der Waals surface area contributed by atoms with Crippen molar-refractivity contribution >= 4 is 28.4 Å². The Labute approximate surface area is 216 Å². The van der Waals surface area contributed by atoms with Gasteiger partial charge in [-0.2, -0.15) is 0 Å². The van der Waals surface area contributed by atoms with Crippen LogP contribution in [0.4, 0.5) is 8.78 Å². The molecule has 0 saturated carbocycles. The van der Waals surface area contributed by atoms with E-state index < -0.39 is 18.0 Å². The molecule has 6 nitrogen and oxygen atoms in total. The Kier molecular flexibility index (Phi) is 7.01. The molecule has 0 radical (unpaired) electrons. The summed E-state index contributed by atoms with van der Waals surface area (Å²) in [7, 11) is 0. The number of hydrogen-bond acceptors (Lipinski definition) is 4. The second-order valence-electron chi connectivity index (χ2n) is 8.92. The Morgan fingerprint density at radius 3 is 2.76 bits per heavy atom. The lowest BCUT2D eigenvalue weighted by Gasteiger charge is -2.23. The first kappa shape index (κ1) is 24.6. The minimum Gasteiger partial charge on any atom is -0.508 e. The van der Waals surface area contributed by atoms with Crippen molar-refractivity contribution in [1.29, 1.82) is 0 Å². The summed E-state index contributed by atoms with van der Waals surface area (Å²) in [5.41, 5.74) is 3.76. The summed E-state index contributed by atoms with van der Waals surface area (Å²) in [6.07, 6.45) is 5.79. The maximum absolute atomic E-state index is 14.1. The van der Waals surface area contributed by atoms with E-state index in [1.165, 1.54) is 12.3 Å². The molecule has 0 aliphatic heterocycles. The van der Waals surface area contributed by atoms with Crippen LogP contribution in [0.15, 0.2) is 84.6 Å². The number of alkyl halides is 1. The lowest BCUT2D eigenvalue weighted by Crippen LogP contribution is -2.31. The van der Waals surface area contributed by atoms with Gasteiger partial charge in [-0.3, -0.25) is 14.8 Å². The number of rotatable bonds is 7. The van der Waals surface area contributed by atoms with Gasteiger partial charge in [-0.1, -0.05) is 29.3 Å². The molecule has 2 aromatic heterocycles. The number of fused-ring (bicyclic) bond motifs is 1. The fourth-order valence-electron chi connectivity index (χ4n) is 4.57. The van der Waals surface area contributed by atoms with Gasteiger partial charge >= 0.3 is 0 Å². The number of phenols is 1. The highest BCUT2D eigenvalue weighted by Gasteiger charge is 2.25. The molecular formula is C28H23ClF2N4O2. The van der Waals surface area contributed by atoms with Gasteiger partial charge in [-0.25, -0.2) is 8.78 Å². The number of carbonyl (C=O) groups excluding carboxylic acids is 1. The monoisotopic (exact) mass is 520 g/mol. The van der Waals surface area contributed by atoms with E-state index in [9.17, 15) is 18.7 Å². The summed E-state index contributed by atoms with van der Waals surface area (Å²) in [5.74, 6) is -0.862. The number of phenolic OH excluding ortho intramolecular Hbond substituents is 1. The molecule has 3 N–H and O–H groups in total. The highest BCUT2D eigenvalue weighted by molar-refractivity contribution is 6.30. The number of hydrogen-bond donors (Lipinski definition) is 3. The lowest BCUT2D eigenvalue weighted by molar-refractivity contribution is -0.121. The van der Waals surface area contributed by atoms with Gasteiger partial charge in [0.1, 0.15) is 17.7 Å². The largest absolute Gasteiger partial charge is 0.508 e. The molecular weight excluding hydrogens is 498 g/mol. The van der Waals surface area contributed by atoms with E-state index >= 15 is 0 Å². The van der Waals surface area contributed by atoms with Gasteiger partial charge in [0.15, 0.2) is 0 Å². The van der Waals surface area contributed by atoms with Crippen molar-refractivity contribution in [3.63, 3.8) is 0 Å². The first-order valence-electron chi connectivity index (χ1n) is 11.7.